The van der Waals surface area contributed by atoms with Gasteiger partial charge in [-0.3, -0.25) is 4.79 Å². The normalized spacial score (nSPS) is 11.7. The summed E-state index contributed by atoms with van der Waals surface area (Å²) in [5.41, 5.74) is 0.937. The van der Waals surface area contributed by atoms with Gasteiger partial charge in [-0.1, -0.05) is 30.7 Å². The lowest BCUT2D eigenvalue weighted by molar-refractivity contribution is -0.137. The molecule has 0 saturated heterocycles. The summed E-state index contributed by atoms with van der Waals surface area (Å²) in [6, 6.07) is 7.07. The Kier molecular flexibility index (Phi) is 7.61. The second-order valence-electron chi connectivity index (χ2n) is 5.07. The molecule has 0 saturated carbocycles. The molecule has 1 rings (SSSR count). The molecule has 3 N–H and O–H groups in total. The molecule has 0 fully saturated rings. The van der Waals surface area contributed by atoms with Gasteiger partial charge < -0.3 is 15.7 Å². The minimum atomic E-state index is -0.783. The van der Waals surface area contributed by atoms with E-state index < -0.39 is 5.97 Å². The van der Waals surface area contributed by atoms with Gasteiger partial charge in [-0.05, 0) is 36.5 Å². The Morgan fingerprint density at radius 1 is 1.29 bits per heavy atom. The summed E-state index contributed by atoms with van der Waals surface area (Å²) in [5, 5.41) is 14.7. The van der Waals surface area contributed by atoms with Crippen LogP contribution in [0.4, 0.5) is 4.79 Å². The highest BCUT2D eigenvalue weighted by molar-refractivity contribution is 6.30. The second-order valence-corrected chi connectivity index (χ2v) is 5.50. The maximum absolute atomic E-state index is 11.6. The molecule has 116 valence electrons. The third-order valence-electron chi connectivity index (χ3n) is 3.12. The zero-order valence-electron chi connectivity index (χ0n) is 12.1. The summed E-state index contributed by atoms with van der Waals surface area (Å²) in [6.07, 6.45) is 1.56. The number of carboxylic acids is 1. The molecule has 1 aromatic rings. The summed E-state index contributed by atoms with van der Waals surface area (Å²) in [7, 11) is 0. The van der Waals surface area contributed by atoms with Crippen LogP contribution in [0, 0.1) is 5.92 Å². The third-order valence-corrected chi connectivity index (χ3v) is 3.35. The fourth-order valence-electron chi connectivity index (χ4n) is 1.84. The van der Waals surface area contributed by atoms with Crippen molar-refractivity contribution in [2.24, 2.45) is 5.92 Å². The fourth-order valence-corrected chi connectivity index (χ4v) is 2.05. The summed E-state index contributed by atoms with van der Waals surface area (Å²) in [6.45, 7) is 2.93. The number of rotatable bonds is 8. The van der Waals surface area contributed by atoms with Crippen molar-refractivity contribution >= 4 is 23.6 Å². The molecule has 0 aliphatic rings. The summed E-state index contributed by atoms with van der Waals surface area (Å²) in [4.78, 5) is 22.0. The van der Waals surface area contributed by atoms with E-state index >= 15 is 0 Å². The molecular weight excluding hydrogens is 292 g/mol. The van der Waals surface area contributed by atoms with Gasteiger partial charge >= 0.3 is 12.0 Å². The minimum Gasteiger partial charge on any atom is -0.481 e. The Bertz CT molecular complexity index is 480. The largest absolute Gasteiger partial charge is 0.481 e. The van der Waals surface area contributed by atoms with Gasteiger partial charge in [-0.2, -0.15) is 0 Å². The van der Waals surface area contributed by atoms with E-state index in [1.165, 1.54) is 0 Å². The highest BCUT2D eigenvalue weighted by atomic mass is 35.5. The standard InChI is InChI=1S/C15H21ClN2O3/c1-11(5-6-14(19)20)7-8-17-15(21)18-10-12-3-2-4-13(16)9-12/h2-4,9,11H,5-8,10H2,1H3,(H,19,20)(H2,17,18,21). The number of halogens is 1. The van der Waals surface area contributed by atoms with E-state index in [2.05, 4.69) is 10.6 Å². The molecule has 5 nitrogen and oxygen atoms in total. The molecule has 0 aliphatic carbocycles. The Morgan fingerprint density at radius 2 is 2.05 bits per heavy atom. The Labute approximate surface area is 129 Å². The highest BCUT2D eigenvalue weighted by Gasteiger charge is 2.06. The minimum absolute atomic E-state index is 0.169. The van der Waals surface area contributed by atoms with Gasteiger partial charge in [0.25, 0.3) is 0 Å². The highest BCUT2D eigenvalue weighted by Crippen LogP contribution is 2.10. The van der Waals surface area contributed by atoms with Gasteiger partial charge in [0.1, 0.15) is 0 Å². The first-order valence-electron chi connectivity index (χ1n) is 6.95. The summed E-state index contributed by atoms with van der Waals surface area (Å²) < 4.78 is 0. The Hall–Kier alpha value is -1.75. The topological polar surface area (TPSA) is 78.4 Å². The lowest BCUT2D eigenvalue weighted by atomic mass is 10.0. The monoisotopic (exact) mass is 312 g/mol. The molecule has 0 aliphatic heterocycles. The van der Waals surface area contributed by atoms with E-state index in [0.717, 1.165) is 12.0 Å². The molecule has 0 heterocycles. The number of amides is 2. The zero-order valence-corrected chi connectivity index (χ0v) is 12.8. The Morgan fingerprint density at radius 3 is 2.71 bits per heavy atom. The Balaban J connectivity index is 2.15. The zero-order chi connectivity index (χ0) is 15.7. The molecule has 1 unspecified atom stereocenters. The van der Waals surface area contributed by atoms with E-state index in [-0.39, 0.29) is 18.4 Å². The van der Waals surface area contributed by atoms with E-state index in [9.17, 15) is 9.59 Å². The average molecular weight is 313 g/mol. The van der Waals surface area contributed by atoms with Crippen LogP contribution >= 0.6 is 11.6 Å². The smallest absolute Gasteiger partial charge is 0.315 e. The van der Waals surface area contributed by atoms with Crippen molar-refractivity contribution in [3.8, 4) is 0 Å². The molecule has 0 bridgehead atoms. The first-order chi connectivity index (χ1) is 9.97. The van der Waals surface area contributed by atoms with Crippen molar-refractivity contribution in [3.05, 3.63) is 34.9 Å². The molecular formula is C15H21ClN2O3. The molecule has 21 heavy (non-hydrogen) atoms. The van der Waals surface area contributed by atoms with E-state index in [1.807, 2.05) is 19.1 Å². The van der Waals surface area contributed by atoms with Crippen LogP contribution in [0.15, 0.2) is 24.3 Å². The van der Waals surface area contributed by atoms with Gasteiger partial charge in [0.05, 0.1) is 0 Å². The van der Waals surface area contributed by atoms with Crippen LogP contribution in [0.2, 0.25) is 5.02 Å². The molecule has 0 aromatic heterocycles. The molecule has 6 heteroatoms. The van der Waals surface area contributed by atoms with Gasteiger partial charge in [-0.25, -0.2) is 4.79 Å². The van der Waals surface area contributed by atoms with Gasteiger partial charge in [-0.15, -0.1) is 0 Å². The number of hydrogen-bond acceptors (Lipinski definition) is 2. The van der Waals surface area contributed by atoms with Crippen molar-refractivity contribution in [1.82, 2.24) is 10.6 Å². The summed E-state index contributed by atoms with van der Waals surface area (Å²) >= 11 is 5.86. The number of benzene rings is 1. The van der Waals surface area contributed by atoms with Crippen molar-refractivity contribution in [2.45, 2.75) is 32.7 Å². The van der Waals surface area contributed by atoms with Crippen LogP contribution in [0.1, 0.15) is 31.7 Å². The maximum atomic E-state index is 11.6. The number of carbonyl (C=O) groups excluding carboxylic acids is 1. The average Bonchev–Trinajstić information content (AvgIpc) is 2.43. The molecule has 1 atom stereocenters. The molecule has 0 spiro atoms. The lowest BCUT2D eigenvalue weighted by Gasteiger charge is -2.11. The molecule has 1 aromatic carbocycles. The molecule has 0 radical (unpaired) electrons. The second kappa shape index (κ2) is 9.23. The van der Waals surface area contributed by atoms with Crippen LogP contribution < -0.4 is 10.6 Å². The number of carboxylic acid groups (broad SMARTS) is 1. The van der Waals surface area contributed by atoms with Gasteiger partial charge in [0.2, 0.25) is 0 Å². The number of carbonyl (C=O) groups is 2. The third kappa shape index (κ3) is 8.19. The summed E-state index contributed by atoms with van der Waals surface area (Å²) in [5.74, 6) is -0.511. The van der Waals surface area contributed by atoms with Gasteiger partial charge in [0, 0.05) is 24.5 Å². The number of aliphatic carboxylic acids is 1. The quantitative estimate of drug-likeness (QED) is 0.690. The van der Waals surface area contributed by atoms with Crippen molar-refractivity contribution in [1.29, 1.82) is 0 Å². The number of nitrogens with one attached hydrogen (secondary N) is 2. The van der Waals surface area contributed by atoms with Crippen molar-refractivity contribution in [2.75, 3.05) is 6.54 Å². The van der Waals surface area contributed by atoms with Crippen LogP contribution in [-0.4, -0.2) is 23.7 Å². The van der Waals surface area contributed by atoms with E-state index in [1.54, 1.807) is 12.1 Å². The van der Waals surface area contributed by atoms with Crippen molar-refractivity contribution < 1.29 is 14.7 Å². The van der Waals surface area contributed by atoms with Crippen LogP contribution in [0.25, 0.3) is 0 Å². The number of hydrogen-bond donors (Lipinski definition) is 3. The SMILES string of the molecule is CC(CCNC(=O)NCc1cccc(Cl)c1)CCC(=O)O. The van der Waals surface area contributed by atoms with Crippen LogP contribution in [-0.2, 0) is 11.3 Å². The predicted octanol–water partition coefficient (Wildman–Crippen LogP) is 3.03. The van der Waals surface area contributed by atoms with Gasteiger partial charge in [0.15, 0.2) is 0 Å². The van der Waals surface area contributed by atoms with Crippen molar-refractivity contribution in [3.63, 3.8) is 0 Å². The maximum Gasteiger partial charge on any atom is 0.315 e. The van der Waals surface area contributed by atoms with E-state index in [4.69, 9.17) is 16.7 Å². The molecule has 2 amide bonds. The number of urea groups is 1. The predicted molar refractivity (Wildman–Crippen MR) is 82.3 cm³/mol. The van der Waals surface area contributed by atoms with Crippen LogP contribution in [0.3, 0.4) is 0 Å². The van der Waals surface area contributed by atoms with Crippen LogP contribution in [0.5, 0.6) is 0 Å². The fraction of sp³-hybridized carbons (Fsp3) is 0.467. The lowest BCUT2D eigenvalue weighted by Crippen LogP contribution is -2.36. The van der Waals surface area contributed by atoms with E-state index in [0.29, 0.717) is 24.5 Å². The first kappa shape index (κ1) is 17.3. The first-order valence-corrected chi connectivity index (χ1v) is 7.33.